The van der Waals surface area contributed by atoms with Crippen LogP contribution in [0, 0.1) is 13.8 Å². The van der Waals surface area contributed by atoms with Gasteiger partial charge in [-0.15, -0.1) is 0 Å². The molecule has 1 amide bonds. The van der Waals surface area contributed by atoms with Crippen LogP contribution in [0.15, 0.2) is 24.5 Å². The zero-order valence-corrected chi connectivity index (χ0v) is 23.4. The number of alkyl halides is 3. The van der Waals surface area contributed by atoms with Gasteiger partial charge in [0.1, 0.15) is 6.33 Å². The highest BCUT2D eigenvalue weighted by Gasteiger charge is 2.44. The third kappa shape index (κ3) is 5.18. The molecule has 10 heteroatoms. The Hall–Kier alpha value is -2.56. The maximum absolute atomic E-state index is 13.4. The molecule has 0 radical (unpaired) electrons. The molecule has 3 aliphatic rings. The van der Waals surface area contributed by atoms with E-state index in [1.165, 1.54) is 18.5 Å². The van der Waals surface area contributed by atoms with Crippen LogP contribution >= 0.6 is 0 Å². The van der Waals surface area contributed by atoms with Gasteiger partial charge in [0.2, 0.25) is 0 Å². The number of likely N-dealkylation sites (tertiary alicyclic amines) is 1. The van der Waals surface area contributed by atoms with E-state index in [1.54, 1.807) is 13.2 Å². The molecule has 2 aliphatic heterocycles. The van der Waals surface area contributed by atoms with Gasteiger partial charge < -0.3 is 9.64 Å². The fourth-order valence-electron chi connectivity index (χ4n) is 6.82. The van der Waals surface area contributed by atoms with Crippen LogP contribution < -0.4 is 0 Å². The second-order valence-electron chi connectivity index (χ2n) is 11.6. The third-order valence-electron chi connectivity index (χ3n) is 9.25. The van der Waals surface area contributed by atoms with E-state index in [9.17, 15) is 18.0 Å². The van der Waals surface area contributed by atoms with Crippen LogP contribution in [0.4, 0.5) is 13.2 Å². The molecule has 3 atom stereocenters. The maximum Gasteiger partial charge on any atom is 0.416 e. The normalized spacial score (nSPS) is 26.1. The highest BCUT2D eigenvalue weighted by molar-refractivity contribution is 5.96. The Morgan fingerprint density at radius 2 is 1.72 bits per heavy atom. The van der Waals surface area contributed by atoms with Gasteiger partial charge in [0.25, 0.3) is 5.91 Å². The molecular weight excluding hydrogens is 507 g/mol. The van der Waals surface area contributed by atoms with Gasteiger partial charge in [0, 0.05) is 57.5 Å². The number of carbonyl (C=O) groups is 1. The zero-order valence-electron chi connectivity index (χ0n) is 23.4. The number of fused-ring (bicyclic) bond motifs is 1. The number of hydrogen-bond acceptors (Lipinski definition) is 6. The second kappa shape index (κ2) is 10.4. The minimum atomic E-state index is -4.37. The number of nitrogens with zero attached hydrogens (tertiary/aromatic N) is 5. The minimum absolute atomic E-state index is 0.00659. The average Bonchev–Trinajstić information content (AvgIpc) is 3.26. The summed E-state index contributed by atoms with van der Waals surface area (Å²) < 4.78 is 45.7. The van der Waals surface area contributed by atoms with Gasteiger partial charge in [0.05, 0.1) is 28.6 Å². The van der Waals surface area contributed by atoms with Crippen LogP contribution in [0.2, 0.25) is 0 Å². The fourth-order valence-corrected chi connectivity index (χ4v) is 6.82. The van der Waals surface area contributed by atoms with E-state index in [2.05, 4.69) is 33.6 Å². The summed E-state index contributed by atoms with van der Waals surface area (Å²) in [5.41, 5.74) is 3.00. The molecule has 7 nitrogen and oxygen atoms in total. The van der Waals surface area contributed by atoms with Gasteiger partial charge in [-0.25, -0.2) is 9.97 Å². The van der Waals surface area contributed by atoms with Crippen molar-refractivity contribution in [1.82, 2.24) is 24.7 Å². The number of aromatic nitrogens is 2. The summed E-state index contributed by atoms with van der Waals surface area (Å²) >= 11 is 0. The minimum Gasteiger partial charge on any atom is -0.377 e. The molecule has 0 bridgehead atoms. The summed E-state index contributed by atoms with van der Waals surface area (Å²) in [5, 5.41) is 0. The number of ether oxygens (including phenoxy) is 1. The number of piperidine rings is 1. The molecule has 0 spiro atoms. The van der Waals surface area contributed by atoms with Gasteiger partial charge in [0.15, 0.2) is 0 Å². The number of aryl methyl sites for hydroxylation is 2. The number of amides is 1. The lowest BCUT2D eigenvalue weighted by Crippen LogP contribution is -2.62. The molecule has 2 saturated heterocycles. The Balaban J connectivity index is 1.24. The van der Waals surface area contributed by atoms with Crippen molar-refractivity contribution in [3.63, 3.8) is 0 Å². The maximum atomic E-state index is 13.4. The Labute approximate surface area is 228 Å². The zero-order chi connectivity index (χ0) is 28.1. The lowest BCUT2D eigenvalue weighted by Gasteiger charge is -2.52. The topological polar surface area (TPSA) is 61.8 Å². The molecule has 212 valence electrons. The van der Waals surface area contributed by atoms with Crippen molar-refractivity contribution in [3.05, 3.63) is 58.2 Å². The van der Waals surface area contributed by atoms with Crippen LogP contribution in [0.25, 0.3) is 0 Å². The molecule has 1 aliphatic carbocycles. The first-order valence-electron chi connectivity index (χ1n) is 13.7. The first-order valence-corrected chi connectivity index (χ1v) is 13.7. The van der Waals surface area contributed by atoms with Crippen LogP contribution in [-0.2, 0) is 10.9 Å². The van der Waals surface area contributed by atoms with Crippen molar-refractivity contribution in [2.24, 2.45) is 0 Å². The number of methoxy groups -OCH3 is 1. The fraction of sp³-hybridized carbons (Fsp3) is 0.621. The van der Waals surface area contributed by atoms with Gasteiger partial charge in [-0.2, -0.15) is 13.2 Å². The number of carbonyl (C=O) groups excluding carboxylic acids is 1. The number of halogens is 3. The van der Waals surface area contributed by atoms with E-state index in [-0.39, 0.29) is 29.6 Å². The molecule has 1 aromatic carbocycles. The molecule has 0 saturated carbocycles. The summed E-state index contributed by atoms with van der Waals surface area (Å²) in [6.45, 7) is 12.2. The van der Waals surface area contributed by atoms with E-state index in [4.69, 9.17) is 4.74 Å². The summed E-state index contributed by atoms with van der Waals surface area (Å²) in [7, 11) is 1.57. The monoisotopic (exact) mass is 545 g/mol. The largest absolute Gasteiger partial charge is 0.416 e. The third-order valence-corrected chi connectivity index (χ3v) is 9.25. The molecule has 2 unspecified atom stereocenters. The molecular formula is C29H38F3N5O2. The highest BCUT2D eigenvalue weighted by atomic mass is 19.4. The van der Waals surface area contributed by atoms with Crippen LogP contribution in [0.5, 0.6) is 0 Å². The summed E-state index contributed by atoms with van der Waals surface area (Å²) in [4.78, 5) is 28.6. The average molecular weight is 546 g/mol. The van der Waals surface area contributed by atoms with Gasteiger partial charge in [-0.1, -0.05) is 6.07 Å². The van der Waals surface area contributed by atoms with Crippen LogP contribution in [0.3, 0.4) is 0 Å². The van der Waals surface area contributed by atoms with E-state index in [1.807, 2.05) is 18.7 Å². The van der Waals surface area contributed by atoms with Gasteiger partial charge in [-0.05, 0) is 70.2 Å². The van der Waals surface area contributed by atoms with E-state index in [0.29, 0.717) is 42.0 Å². The quantitative estimate of drug-likeness (QED) is 0.542. The predicted molar refractivity (Wildman–Crippen MR) is 141 cm³/mol. The molecule has 3 heterocycles. The Bertz CT molecular complexity index is 1210. The van der Waals surface area contributed by atoms with Crippen molar-refractivity contribution >= 4 is 5.91 Å². The number of rotatable bonds is 4. The molecule has 1 aromatic heterocycles. The second-order valence-corrected chi connectivity index (χ2v) is 11.6. The molecule has 2 aromatic rings. The van der Waals surface area contributed by atoms with Crippen molar-refractivity contribution in [2.75, 3.05) is 39.8 Å². The van der Waals surface area contributed by atoms with Crippen molar-refractivity contribution in [3.8, 4) is 0 Å². The standard InChI is InChI=1S/C29H38F3N5O2/c1-18-16-36(28(4)8-10-35(11-9-28)27(38)26-19(2)33-17-34-20(26)3)12-13-37(18)24-15-25(39-5)23-14-21(29(30,31)32)6-7-22(23)24/h6-7,14,17-18,24-25H,8-13,15-16H2,1-5H3/t18-,24?,25?/m0/s1. The number of piperazine rings is 1. The Morgan fingerprint density at radius 1 is 1.05 bits per heavy atom. The molecule has 0 N–H and O–H groups in total. The first-order chi connectivity index (χ1) is 18.4. The lowest BCUT2D eigenvalue weighted by molar-refractivity contribution is -0.137. The number of hydrogen-bond donors (Lipinski definition) is 0. The summed E-state index contributed by atoms with van der Waals surface area (Å²) in [5.74, 6) is 0.00659. The molecule has 5 rings (SSSR count). The van der Waals surface area contributed by atoms with E-state index >= 15 is 0 Å². The highest BCUT2D eigenvalue weighted by Crippen LogP contribution is 2.47. The van der Waals surface area contributed by atoms with Gasteiger partial charge in [-0.3, -0.25) is 14.6 Å². The molecule has 39 heavy (non-hydrogen) atoms. The van der Waals surface area contributed by atoms with Crippen molar-refractivity contribution < 1.29 is 22.7 Å². The predicted octanol–water partition coefficient (Wildman–Crippen LogP) is 4.95. The number of benzene rings is 1. The van der Waals surface area contributed by atoms with Crippen LogP contribution in [-0.4, -0.2) is 82.0 Å². The van der Waals surface area contributed by atoms with Gasteiger partial charge >= 0.3 is 6.18 Å². The van der Waals surface area contributed by atoms with E-state index in [0.717, 1.165) is 38.0 Å². The summed E-state index contributed by atoms with van der Waals surface area (Å²) in [6, 6.07) is 4.39. The van der Waals surface area contributed by atoms with Crippen molar-refractivity contribution in [1.29, 1.82) is 0 Å². The summed E-state index contributed by atoms with van der Waals surface area (Å²) in [6.07, 6.45) is -0.778. The Kier molecular flexibility index (Phi) is 7.50. The Morgan fingerprint density at radius 3 is 2.31 bits per heavy atom. The first kappa shape index (κ1) is 28.0. The smallest absolute Gasteiger partial charge is 0.377 e. The SMILES string of the molecule is COC1CC(N2CCN(C3(C)CCN(C(=O)c4c(C)ncnc4C)CC3)C[C@@H]2C)c2ccc(C(F)(F)F)cc21. The van der Waals surface area contributed by atoms with Crippen LogP contribution in [0.1, 0.15) is 83.7 Å². The molecule has 2 fully saturated rings. The van der Waals surface area contributed by atoms with E-state index < -0.39 is 11.7 Å². The lowest BCUT2D eigenvalue weighted by atomic mass is 9.86. The van der Waals surface area contributed by atoms with Crippen molar-refractivity contribution in [2.45, 2.75) is 76.9 Å².